The summed E-state index contributed by atoms with van der Waals surface area (Å²) >= 11 is 0. The first-order chi connectivity index (χ1) is 21.2. The quantitative estimate of drug-likeness (QED) is 0.250. The third-order valence-corrected chi connectivity index (χ3v) is 16.3. The molecule has 1 N–H and O–H groups in total. The first kappa shape index (κ1) is 33.1. The zero-order chi connectivity index (χ0) is 32.2. The number of benzene rings is 2. The lowest BCUT2D eigenvalue weighted by Crippen LogP contribution is -2.48. The van der Waals surface area contributed by atoms with Crippen LogP contribution in [0.2, 0.25) is 18.1 Å². The molecule has 1 aliphatic heterocycles. The molecule has 0 aromatic heterocycles. The average Bonchev–Trinajstić information content (AvgIpc) is 2.94. The molecule has 2 aromatic carbocycles. The van der Waals surface area contributed by atoms with Gasteiger partial charge in [-0.05, 0) is 123 Å². The van der Waals surface area contributed by atoms with Crippen molar-refractivity contribution in [3.63, 3.8) is 0 Å². The van der Waals surface area contributed by atoms with Crippen LogP contribution in [0, 0.1) is 17.8 Å². The van der Waals surface area contributed by atoms with E-state index in [0.29, 0.717) is 18.6 Å². The van der Waals surface area contributed by atoms with Crippen LogP contribution in [0.1, 0.15) is 115 Å². The minimum absolute atomic E-state index is 0.0571. The van der Waals surface area contributed by atoms with Crippen LogP contribution in [-0.2, 0) is 27.6 Å². The molecule has 7 rings (SSSR count). The molecule has 45 heavy (non-hydrogen) atoms. The summed E-state index contributed by atoms with van der Waals surface area (Å²) in [5.74, 6) is 4.24. The lowest BCUT2D eigenvalue weighted by atomic mass is 9.48. The van der Waals surface area contributed by atoms with Crippen molar-refractivity contribution >= 4 is 8.32 Å². The molecule has 0 spiro atoms. The molecule has 2 aromatic rings. The normalized spacial score (nSPS) is 28.3. The van der Waals surface area contributed by atoms with Gasteiger partial charge in [-0.15, -0.1) is 0 Å². The highest BCUT2D eigenvalue weighted by Gasteiger charge is 2.52. The molecule has 5 nitrogen and oxygen atoms in total. The molecule has 4 fully saturated rings. The lowest BCUT2D eigenvalue weighted by Gasteiger charge is -2.57. The van der Waals surface area contributed by atoms with Crippen LogP contribution in [0.25, 0.3) is 0 Å². The fourth-order valence-corrected chi connectivity index (χ4v) is 10.2. The summed E-state index contributed by atoms with van der Waals surface area (Å²) in [6.07, 6.45) is 9.34. The summed E-state index contributed by atoms with van der Waals surface area (Å²) in [6.45, 7) is 22.0. The van der Waals surface area contributed by atoms with Gasteiger partial charge in [-0.3, -0.25) is 0 Å². The smallest absolute Gasteiger partial charge is 0.205 e. The van der Waals surface area contributed by atoms with Crippen molar-refractivity contribution in [1.82, 2.24) is 5.32 Å². The summed E-state index contributed by atoms with van der Waals surface area (Å²) < 4.78 is 25.8. The van der Waals surface area contributed by atoms with Crippen LogP contribution in [0.3, 0.4) is 0 Å². The van der Waals surface area contributed by atoms with E-state index in [1.807, 2.05) is 13.8 Å². The average molecular weight is 634 g/mol. The number of rotatable bonds is 11. The lowest BCUT2D eigenvalue weighted by molar-refractivity contribution is -0.180. The molecule has 4 bridgehead atoms. The number of para-hydroxylation sites is 1. The Kier molecular flexibility index (Phi) is 9.04. The van der Waals surface area contributed by atoms with Crippen molar-refractivity contribution in [2.75, 3.05) is 13.2 Å². The first-order valence-electron chi connectivity index (χ1n) is 17.8. The first-order valence-corrected chi connectivity index (χ1v) is 20.7. The monoisotopic (exact) mass is 633 g/mol. The van der Waals surface area contributed by atoms with E-state index in [2.05, 4.69) is 89.4 Å². The topological polar surface area (TPSA) is 49.0 Å². The van der Waals surface area contributed by atoms with Gasteiger partial charge in [-0.1, -0.05) is 45.0 Å². The zero-order valence-corrected chi connectivity index (χ0v) is 30.6. The molecule has 0 amide bonds. The van der Waals surface area contributed by atoms with E-state index in [0.717, 1.165) is 42.0 Å². The Morgan fingerprint density at radius 1 is 1.00 bits per heavy atom. The fraction of sp³-hybridized carbons (Fsp3) is 0.692. The zero-order valence-electron chi connectivity index (χ0n) is 29.6. The van der Waals surface area contributed by atoms with Crippen LogP contribution in [0.5, 0.6) is 11.5 Å². The Morgan fingerprint density at radius 2 is 1.67 bits per heavy atom. The molecule has 5 aliphatic rings. The van der Waals surface area contributed by atoms with Gasteiger partial charge in [-0.2, -0.15) is 0 Å². The van der Waals surface area contributed by atoms with Gasteiger partial charge in [0.1, 0.15) is 11.5 Å². The second-order valence-corrected chi connectivity index (χ2v) is 21.7. The van der Waals surface area contributed by atoms with E-state index in [1.54, 1.807) is 0 Å². The predicted molar refractivity (Wildman–Crippen MR) is 186 cm³/mol. The highest BCUT2D eigenvalue weighted by atomic mass is 28.4. The van der Waals surface area contributed by atoms with Crippen LogP contribution in [0.15, 0.2) is 36.4 Å². The van der Waals surface area contributed by atoms with Crippen LogP contribution in [-0.4, -0.2) is 33.3 Å². The Balaban J connectivity index is 1.21. The molecule has 0 radical (unpaired) electrons. The van der Waals surface area contributed by atoms with Crippen molar-refractivity contribution in [3.8, 4) is 11.5 Å². The van der Waals surface area contributed by atoms with E-state index in [9.17, 15) is 0 Å². The van der Waals surface area contributed by atoms with Crippen molar-refractivity contribution in [3.05, 3.63) is 58.7 Å². The summed E-state index contributed by atoms with van der Waals surface area (Å²) in [7, 11) is -2.04. The molecule has 248 valence electrons. The van der Waals surface area contributed by atoms with E-state index in [-0.39, 0.29) is 17.2 Å². The molecule has 0 saturated heterocycles. The van der Waals surface area contributed by atoms with Crippen LogP contribution in [0.4, 0.5) is 0 Å². The van der Waals surface area contributed by atoms with E-state index in [1.165, 1.54) is 61.0 Å². The largest absolute Gasteiger partial charge is 0.493 e. The minimum Gasteiger partial charge on any atom is -0.493 e. The van der Waals surface area contributed by atoms with Crippen molar-refractivity contribution in [2.24, 2.45) is 17.8 Å². The maximum atomic E-state index is 7.11. The third-order valence-electron chi connectivity index (χ3n) is 11.8. The van der Waals surface area contributed by atoms with Gasteiger partial charge in [0, 0.05) is 37.6 Å². The highest BCUT2D eigenvalue weighted by molar-refractivity contribution is 6.74. The van der Waals surface area contributed by atoms with Gasteiger partial charge in [0.2, 0.25) is 5.79 Å². The van der Waals surface area contributed by atoms with Gasteiger partial charge >= 0.3 is 0 Å². The van der Waals surface area contributed by atoms with E-state index in [4.69, 9.17) is 18.6 Å². The molecule has 4 saturated carbocycles. The number of fused-ring (bicyclic) bond motifs is 1. The predicted octanol–water partition coefficient (Wildman–Crippen LogP) is 9.48. The van der Waals surface area contributed by atoms with E-state index < -0.39 is 14.1 Å². The summed E-state index contributed by atoms with van der Waals surface area (Å²) in [5.41, 5.74) is 5.45. The molecular weight excluding hydrogens is 575 g/mol. The number of nitrogens with one attached hydrogen (secondary N) is 1. The van der Waals surface area contributed by atoms with Gasteiger partial charge in [0.05, 0.1) is 19.3 Å². The van der Waals surface area contributed by atoms with Crippen molar-refractivity contribution in [1.29, 1.82) is 0 Å². The summed E-state index contributed by atoms with van der Waals surface area (Å²) in [6, 6.07) is 13.8. The number of ether oxygens (including phenoxy) is 3. The van der Waals surface area contributed by atoms with Crippen LogP contribution < -0.4 is 14.8 Å². The Hall–Kier alpha value is -1.86. The second kappa shape index (κ2) is 12.3. The Labute approximate surface area is 274 Å². The van der Waals surface area contributed by atoms with Gasteiger partial charge in [-0.25, -0.2) is 0 Å². The maximum Gasteiger partial charge on any atom is 0.205 e. The maximum absolute atomic E-state index is 7.11. The minimum atomic E-state index is -2.04. The molecule has 2 atom stereocenters. The Morgan fingerprint density at radius 3 is 2.29 bits per heavy atom. The van der Waals surface area contributed by atoms with E-state index >= 15 is 0 Å². The summed E-state index contributed by atoms with van der Waals surface area (Å²) in [5, 5.41) is 4.02. The number of hydrogen-bond acceptors (Lipinski definition) is 5. The number of hydrogen-bond donors (Lipinski definition) is 1. The molecular formula is C39H59NO4Si. The molecule has 1 heterocycles. The SMILES string of the molecule is CCOc1c(C[C@@H](C)NC[C@H](O[Si](C)(C)C(C)(C)C)c2ccc3c(c2)COC(C)(C)O3)cccc1C12CC3CC(CC(C3)C1)C2. The van der Waals surface area contributed by atoms with Gasteiger partial charge < -0.3 is 24.0 Å². The fourth-order valence-electron chi connectivity index (χ4n) is 8.95. The van der Waals surface area contributed by atoms with Gasteiger partial charge in [0.15, 0.2) is 8.32 Å². The Bertz CT molecular complexity index is 1330. The highest BCUT2D eigenvalue weighted by Crippen LogP contribution is 2.62. The van der Waals surface area contributed by atoms with Crippen molar-refractivity contribution in [2.45, 2.75) is 141 Å². The second-order valence-electron chi connectivity index (χ2n) is 17.0. The standard InChI is InChI=1S/C39H59NO4Si/c1-10-41-36-31(12-11-13-33(36)39-21-27-17-28(22-39)19-29(18-27)23-39)16-26(2)40-24-35(44-45(8,9)37(3,4)5)30-14-15-34-32(20-30)25-42-38(6,7)43-34/h11-15,20,26-29,35,40H,10,16-19,21-25H2,1-9H3/t26-,27?,28?,29?,35+,39?/m1/s1. The van der Waals surface area contributed by atoms with Crippen LogP contribution >= 0.6 is 0 Å². The third kappa shape index (κ3) is 6.91. The van der Waals surface area contributed by atoms with Gasteiger partial charge in [0.25, 0.3) is 0 Å². The molecule has 0 unspecified atom stereocenters. The van der Waals surface area contributed by atoms with Crippen molar-refractivity contribution < 1.29 is 18.6 Å². The molecule has 6 heteroatoms. The summed E-state index contributed by atoms with van der Waals surface area (Å²) in [4.78, 5) is 0. The molecule has 4 aliphatic carbocycles.